The molecule has 1 aromatic carbocycles. The van der Waals surface area contributed by atoms with Crippen molar-refractivity contribution in [1.29, 1.82) is 0 Å². The molecular weight excluding hydrogens is 1150 g/mol. The van der Waals surface area contributed by atoms with Crippen molar-refractivity contribution in [3.63, 3.8) is 0 Å². The Morgan fingerprint density at radius 1 is 0.775 bits per heavy atom. The normalized spacial score (nSPS) is 16.5. The number of nitrogens with zero attached hydrogens (tertiary/aromatic N) is 7. The second-order valence-corrected chi connectivity index (χ2v) is 24.1. The summed E-state index contributed by atoms with van der Waals surface area (Å²) in [6, 6.07) is 9.55. The Labute approximate surface area is 481 Å². The van der Waals surface area contributed by atoms with Crippen molar-refractivity contribution < 1.29 is 43.3 Å². The molecule has 10 bridgehead atoms. The first-order valence-electron chi connectivity index (χ1n) is 24.7. The number of ether oxygens (including phenoxy) is 2. The summed E-state index contributed by atoms with van der Waals surface area (Å²) >= 11 is 7.19. The molecule has 7 aromatic heterocycles. The number of nitrogens with two attached hydrogens (primary N) is 1. The Bertz CT molecular complexity index is 3550. The van der Waals surface area contributed by atoms with Gasteiger partial charge in [-0.25, -0.2) is 39.7 Å². The van der Waals surface area contributed by atoms with E-state index in [9.17, 15) is 33.9 Å². The summed E-state index contributed by atoms with van der Waals surface area (Å²) in [5.41, 5.74) is 7.99. The molecule has 416 valence electrons. The van der Waals surface area contributed by atoms with Crippen molar-refractivity contribution >= 4 is 109 Å². The number of thiazole rings is 6. The fourth-order valence-electron chi connectivity index (χ4n) is 8.02. The molecule has 1 aliphatic rings. The number of carbonyl (C=O) groups is 6. The predicted molar refractivity (Wildman–Crippen MR) is 306 cm³/mol. The molecule has 0 radical (unpaired) electrons. The summed E-state index contributed by atoms with van der Waals surface area (Å²) in [6.07, 6.45) is -0.0361. The molecule has 0 unspecified atom stereocenters. The van der Waals surface area contributed by atoms with E-state index in [1.165, 1.54) is 70.8 Å². The van der Waals surface area contributed by atoms with Gasteiger partial charge >= 0.3 is 6.09 Å². The molecule has 0 spiro atoms. The number of aliphatic hydroxyl groups excluding tert-OH is 1. The highest BCUT2D eigenvalue weighted by Gasteiger charge is 2.33. The van der Waals surface area contributed by atoms with Crippen LogP contribution in [-0.4, -0.2) is 109 Å². The van der Waals surface area contributed by atoms with E-state index in [0.29, 0.717) is 85.9 Å². The maximum atomic E-state index is 14.3. The van der Waals surface area contributed by atoms with E-state index in [1.54, 1.807) is 71.7 Å². The summed E-state index contributed by atoms with van der Waals surface area (Å²) < 4.78 is 10.6. The van der Waals surface area contributed by atoms with Crippen LogP contribution in [0.1, 0.15) is 113 Å². The number of hydrogen-bond acceptors (Lipinski definition) is 23. The molecule has 0 aliphatic carbocycles. The van der Waals surface area contributed by atoms with Crippen LogP contribution in [-0.2, 0) is 25.7 Å². The van der Waals surface area contributed by atoms with Crippen LogP contribution in [0.4, 0.5) is 10.6 Å². The Morgan fingerprint density at radius 2 is 1.55 bits per heavy atom. The molecule has 4 atom stereocenters. The lowest BCUT2D eigenvalue weighted by Crippen LogP contribution is -2.40. The van der Waals surface area contributed by atoms with Gasteiger partial charge in [-0.1, -0.05) is 44.2 Å². The van der Waals surface area contributed by atoms with E-state index in [1.807, 2.05) is 13.8 Å². The van der Waals surface area contributed by atoms with E-state index in [0.717, 1.165) is 11.3 Å². The fraction of sp³-hybridized carbons (Fsp3) is 0.314. The van der Waals surface area contributed by atoms with E-state index in [-0.39, 0.29) is 48.5 Å². The molecule has 0 saturated carbocycles. The van der Waals surface area contributed by atoms with Gasteiger partial charge in [-0.15, -0.1) is 68.0 Å². The maximum Gasteiger partial charge on any atom is 0.412 e. The minimum absolute atomic E-state index is 0.00102. The first-order chi connectivity index (χ1) is 38.6. The second-order valence-electron chi connectivity index (χ2n) is 18.1. The summed E-state index contributed by atoms with van der Waals surface area (Å²) in [4.78, 5) is 117. The van der Waals surface area contributed by atoms with Gasteiger partial charge in [-0.05, 0) is 43.5 Å². The molecule has 23 nitrogen and oxygen atoms in total. The van der Waals surface area contributed by atoms with Crippen molar-refractivity contribution in [2.24, 2.45) is 11.7 Å². The second kappa shape index (κ2) is 25.8. The Balaban J connectivity index is 1.12. The van der Waals surface area contributed by atoms with Crippen molar-refractivity contribution in [3.8, 4) is 42.5 Å². The highest BCUT2D eigenvalue weighted by Crippen LogP contribution is 2.41. The number of fused-ring (bicyclic) bond motifs is 14. The largest absolute Gasteiger partial charge is 0.449 e. The van der Waals surface area contributed by atoms with Crippen molar-refractivity contribution in [1.82, 2.24) is 61.5 Å². The first kappa shape index (κ1) is 57.3. The number of aryl methyl sites for hydroxylation is 1. The Kier molecular flexibility index (Phi) is 18.5. The van der Waals surface area contributed by atoms with E-state index in [2.05, 4.69) is 46.9 Å². The number of rotatable bonds is 12. The summed E-state index contributed by atoms with van der Waals surface area (Å²) in [7, 11) is 2.94. The molecule has 29 heteroatoms. The SMILES string of the molecule is CNC(=O)C[C@@H]1NC(=O)c2csc(n2)-c2ccc(-c3nc(NC(=O)OCCCN)cs3)nc2-c2cnc(s2)-c2csc(n2)[C@H]([C@@H](O)c2ccccc2)NC(=O)CNC(=O)c2nc(sc2COC)[C@H](C(C)C)NC(=O)c2nc1sc2C. The number of aliphatic hydroxyl groups is 1. The lowest BCUT2D eigenvalue weighted by molar-refractivity contribution is -0.122. The molecule has 6 amide bonds. The predicted octanol–water partition coefficient (Wildman–Crippen LogP) is 7.21. The number of hydrogen-bond donors (Lipinski definition) is 8. The number of benzene rings is 1. The van der Waals surface area contributed by atoms with Gasteiger partial charge in [0.1, 0.15) is 70.8 Å². The van der Waals surface area contributed by atoms with E-state index >= 15 is 0 Å². The van der Waals surface area contributed by atoms with Crippen LogP contribution in [0.3, 0.4) is 0 Å². The van der Waals surface area contributed by atoms with Crippen molar-refractivity contribution in [2.45, 2.75) is 64.4 Å². The number of nitrogens with one attached hydrogen (secondary N) is 6. The van der Waals surface area contributed by atoms with Gasteiger partial charge in [0.15, 0.2) is 0 Å². The standard InChI is InChI=1S/C51H52N14O9S6/c1-23(2)36-50-65-39(32(80-50)19-73-5)43(70)54-18-35(67)62-40(41(68)25-10-7-6-8-11-25)49-59-30(21-76-49)46-55-17-31(79-46)38-26(12-13-27(56-38)47-60-33(22-77-47)61-51(72)74-15-9-14-52)45-58-29(20-75-45)42(69)57-28(16-34(66)53-4)48-64-37(24(3)78-48)44(71)63-36/h6-8,10-13,17,20-23,28,36,40-41,68H,9,14-16,18-19,52H2,1-5H3,(H,53,66)(H,54,70)(H,57,69)(H,61,72)(H,62,67)(H,63,71)/t28-,36-,40-,41-/m0/s1. The Hall–Kier alpha value is -7.35. The quantitative estimate of drug-likeness (QED) is 0.0560. The molecule has 0 fully saturated rings. The average molecular weight is 1200 g/mol. The third-order valence-electron chi connectivity index (χ3n) is 12.1. The van der Waals surface area contributed by atoms with Gasteiger partial charge in [0, 0.05) is 46.9 Å². The maximum absolute atomic E-state index is 14.3. The summed E-state index contributed by atoms with van der Waals surface area (Å²) in [5.74, 6) is -2.85. The number of aromatic nitrogens is 7. The number of methoxy groups -OCH3 is 1. The van der Waals surface area contributed by atoms with Gasteiger partial charge in [0.25, 0.3) is 17.7 Å². The van der Waals surface area contributed by atoms with Crippen LogP contribution in [0.15, 0.2) is 64.8 Å². The number of amides is 6. The van der Waals surface area contributed by atoms with Crippen LogP contribution in [0.25, 0.3) is 42.5 Å². The molecule has 1 aliphatic heterocycles. The van der Waals surface area contributed by atoms with Gasteiger partial charge in [0.05, 0.1) is 59.4 Å². The third kappa shape index (κ3) is 13.3. The lowest BCUT2D eigenvalue weighted by atomic mass is 10.0. The van der Waals surface area contributed by atoms with Crippen molar-refractivity contribution in [2.75, 3.05) is 39.2 Å². The molecule has 8 aromatic rings. The molecule has 9 rings (SSSR count). The van der Waals surface area contributed by atoms with E-state index < -0.39 is 66.4 Å². The average Bonchev–Trinajstić information content (AvgIpc) is 4.37. The molecule has 80 heavy (non-hydrogen) atoms. The van der Waals surface area contributed by atoms with Crippen molar-refractivity contribution in [3.05, 3.63) is 112 Å². The number of carbonyl (C=O) groups excluding carboxylic acids is 6. The van der Waals surface area contributed by atoms with Gasteiger partial charge in [0.2, 0.25) is 11.8 Å². The summed E-state index contributed by atoms with van der Waals surface area (Å²) in [6.45, 7) is 5.49. The molecule has 9 N–H and O–H groups in total. The van der Waals surface area contributed by atoms with Gasteiger partial charge in [-0.3, -0.25) is 29.3 Å². The molecular formula is C51H52N14O9S6. The monoisotopic (exact) mass is 1200 g/mol. The third-order valence-corrected chi connectivity index (χ3v) is 17.9. The zero-order valence-corrected chi connectivity index (χ0v) is 48.2. The highest BCUT2D eigenvalue weighted by atomic mass is 32.1. The molecule has 0 saturated heterocycles. The molecule has 8 heterocycles. The van der Waals surface area contributed by atoms with Gasteiger partial charge in [-0.2, -0.15) is 0 Å². The van der Waals surface area contributed by atoms with Crippen LogP contribution in [0.5, 0.6) is 0 Å². The number of anilines is 1. The fourth-order valence-corrected chi connectivity index (χ4v) is 13.6. The topological polar surface area (TPSA) is 330 Å². The zero-order valence-electron chi connectivity index (χ0n) is 43.4. The van der Waals surface area contributed by atoms with Crippen LogP contribution >= 0.6 is 68.0 Å². The highest BCUT2D eigenvalue weighted by molar-refractivity contribution is 7.19. The summed E-state index contributed by atoms with van der Waals surface area (Å²) in [5, 5.41) is 36.0. The van der Waals surface area contributed by atoms with Crippen LogP contribution < -0.4 is 37.6 Å². The minimum Gasteiger partial charge on any atom is -0.449 e. The number of pyridine rings is 1. The lowest BCUT2D eigenvalue weighted by Gasteiger charge is -2.23. The van der Waals surface area contributed by atoms with Crippen LogP contribution in [0.2, 0.25) is 0 Å². The van der Waals surface area contributed by atoms with Crippen LogP contribution in [0, 0.1) is 12.8 Å². The van der Waals surface area contributed by atoms with Gasteiger partial charge < -0.3 is 46.9 Å². The Morgan fingerprint density at radius 3 is 2.31 bits per heavy atom. The van der Waals surface area contributed by atoms with E-state index in [4.69, 9.17) is 35.1 Å². The minimum atomic E-state index is -1.27. The zero-order chi connectivity index (χ0) is 56.6. The smallest absolute Gasteiger partial charge is 0.412 e. The first-order valence-corrected chi connectivity index (χ1v) is 29.8.